The Labute approximate surface area is 95.4 Å². The molecular formula is C14H16FN. The third-order valence-corrected chi connectivity index (χ3v) is 4.15. The topological polar surface area (TPSA) is 12.4 Å². The molecule has 84 valence electrons. The van der Waals surface area contributed by atoms with Crippen molar-refractivity contribution in [1.29, 1.82) is 0 Å². The Bertz CT molecular complexity index is 482. The first kappa shape index (κ1) is 10.0. The molecule has 0 saturated heterocycles. The van der Waals surface area contributed by atoms with E-state index in [0.717, 1.165) is 29.7 Å². The van der Waals surface area contributed by atoms with Crippen molar-refractivity contribution >= 4 is 11.4 Å². The Kier molecular flexibility index (Phi) is 1.97. The van der Waals surface area contributed by atoms with Gasteiger partial charge in [0, 0.05) is 11.1 Å². The highest BCUT2D eigenvalue weighted by Gasteiger charge is 2.44. The largest absolute Gasteiger partial charge is 0.254 e. The van der Waals surface area contributed by atoms with Crippen molar-refractivity contribution in [3.05, 3.63) is 29.1 Å². The second-order valence-electron chi connectivity index (χ2n) is 5.13. The summed E-state index contributed by atoms with van der Waals surface area (Å²) in [7, 11) is 0. The number of halogens is 1. The van der Waals surface area contributed by atoms with E-state index in [-0.39, 0.29) is 11.2 Å². The molecule has 0 amide bonds. The van der Waals surface area contributed by atoms with Gasteiger partial charge in [0.25, 0.3) is 0 Å². The zero-order valence-corrected chi connectivity index (χ0v) is 9.81. The summed E-state index contributed by atoms with van der Waals surface area (Å²) in [5.41, 5.74) is 3.93. The number of aryl methyl sites for hydroxylation is 1. The number of benzene rings is 1. The lowest BCUT2D eigenvalue weighted by molar-refractivity contribution is 0.596. The van der Waals surface area contributed by atoms with Crippen LogP contribution >= 0.6 is 0 Å². The fourth-order valence-corrected chi connectivity index (χ4v) is 3.29. The van der Waals surface area contributed by atoms with Crippen LogP contribution in [0.15, 0.2) is 17.1 Å². The van der Waals surface area contributed by atoms with Crippen LogP contribution in [0.4, 0.5) is 10.1 Å². The Morgan fingerprint density at radius 3 is 2.56 bits per heavy atom. The lowest BCUT2D eigenvalue weighted by Gasteiger charge is -2.25. The van der Waals surface area contributed by atoms with Crippen LogP contribution in [-0.2, 0) is 5.41 Å². The van der Waals surface area contributed by atoms with Gasteiger partial charge in [-0.25, -0.2) is 4.39 Å². The maximum Gasteiger partial charge on any atom is 0.149 e. The molecule has 0 radical (unpaired) electrons. The number of hydrogen-bond donors (Lipinski definition) is 0. The Balaban J connectivity index is 2.25. The van der Waals surface area contributed by atoms with E-state index < -0.39 is 0 Å². The van der Waals surface area contributed by atoms with E-state index in [1.165, 1.54) is 12.8 Å². The van der Waals surface area contributed by atoms with Gasteiger partial charge in [0.1, 0.15) is 11.5 Å². The minimum atomic E-state index is -0.155. The first-order valence-corrected chi connectivity index (χ1v) is 6.00. The molecule has 1 nitrogen and oxygen atoms in total. The van der Waals surface area contributed by atoms with E-state index in [4.69, 9.17) is 0 Å². The van der Waals surface area contributed by atoms with Gasteiger partial charge in [-0.15, -0.1) is 0 Å². The summed E-state index contributed by atoms with van der Waals surface area (Å²) in [4.78, 5) is 4.47. The normalized spacial score (nSPS) is 21.3. The number of fused-ring (bicyclic) bond motifs is 2. The van der Waals surface area contributed by atoms with Crippen molar-refractivity contribution in [3.8, 4) is 0 Å². The maximum atomic E-state index is 13.9. The molecule has 2 aliphatic rings. The fourth-order valence-electron chi connectivity index (χ4n) is 3.29. The van der Waals surface area contributed by atoms with Crippen LogP contribution in [0.5, 0.6) is 0 Å². The SMILES string of the molecule is CC1=Nc2c(F)cc(C)cc2C12CCCC2. The average Bonchev–Trinajstić information content (AvgIpc) is 2.79. The average molecular weight is 217 g/mol. The molecule has 1 aliphatic carbocycles. The second-order valence-corrected chi connectivity index (χ2v) is 5.13. The molecule has 2 heteroatoms. The van der Waals surface area contributed by atoms with Crippen LogP contribution in [0.1, 0.15) is 43.7 Å². The first-order valence-electron chi connectivity index (χ1n) is 6.00. The molecule has 0 unspecified atom stereocenters. The van der Waals surface area contributed by atoms with Crippen molar-refractivity contribution < 1.29 is 4.39 Å². The van der Waals surface area contributed by atoms with E-state index in [1.807, 2.05) is 6.92 Å². The predicted octanol–water partition coefficient (Wildman–Crippen LogP) is 4.05. The fraction of sp³-hybridized carbons (Fsp3) is 0.500. The Morgan fingerprint density at radius 2 is 1.88 bits per heavy atom. The number of aliphatic imine (C=N–C) groups is 1. The molecule has 1 aromatic carbocycles. The van der Waals surface area contributed by atoms with E-state index in [0.29, 0.717) is 5.69 Å². The molecule has 1 aliphatic heterocycles. The lowest BCUT2D eigenvalue weighted by atomic mass is 9.76. The van der Waals surface area contributed by atoms with Gasteiger partial charge in [0.15, 0.2) is 0 Å². The van der Waals surface area contributed by atoms with Crippen LogP contribution in [0, 0.1) is 12.7 Å². The quantitative estimate of drug-likeness (QED) is 0.621. The van der Waals surface area contributed by atoms with Gasteiger partial charge in [-0.2, -0.15) is 0 Å². The Morgan fingerprint density at radius 1 is 1.19 bits per heavy atom. The van der Waals surface area contributed by atoms with Crippen LogP contribution in [0.3, 0.4) is 0 Å². The highest BCUT2D eigenvalue weighted by molar-refractivity contribution is 6.00. The van der Waals surface area contributed by atoms with Gasteiger partial charge in [0.2, 0.25) is 0 Å². The second kappa shape index (κ2) is 3.16. The monoisotopic (exact) mass is 217 g/mol. The smallest absolute Gasteiger partial charge is 0.149 e. The van der Waals surface area contributed by atoms with Crippen molar-refractivity contribution in [3.63, 3.8) is 0 Å². The predicted molar refractivity (Wildman–Crippen MR) is 64.1 cm³/mol. The third-order valence-electron chi connectivity index (χ3n) is 4.15. The highest BCUT2D eigenvalue weighted by atomic mass is 19.1. The maximum absolute atomic E-state index is 13.9. The lowest BCUT2D eigenvalue weighted by Crippen LogP contribution is -2.27. The molecule has 16 heavy (non-hydrogen) atoms. The van der Waals surface area contributed by atoms with Crippen LogP contribution in [0.25, 0.3) is 0 Å². The van der Waals surface area contributed by atoms with E-state index in [2.05, 4.69) is 18.0 Å². The Hall–Kier alpha value is -1.18. The first-order chi connectivity index (χ1) is 7.63. The van der Waals surface area contributed by atoms with Gasteiger partial charge >= 0.3 is 0 Å². The zero-order valence-electron chi connectivity index (χ0n) is 9.81. The van der Waals surface area contributed by atoms with E-state index in [1.54, 1.807) is 6.07 Å². The van der Waals surface area contributed by atoms with E-state index >= 15 is 0 Å². The molecule has 1 saturated carbocycles. The molecule has 1 heterocycles. The van der Waals surface area contributed by atoms with Gasteiger partial charge in [-0.1, -0.05) is 18.9 Å². The molecule has 1 spiro atoms. The zero-order chi connectivity index (χ0) is 11.3. The van der Waals surface area contributed by atoms with Crippen molar-refractivity contribution in [1.82, 2.24) is 0 Å². The summed E-state index contributed by atoms with van der Waals surface area (Å²) < 4.78 is 13.9. The molecule has 0 bridgehead atoms. The van der Waals surface area contributed by atoms with Crippen LogP contribution in [-0.4, -0.2) is 5.71 Å². The minimum Gasteiger partial charge on any atom is -0.254 e. The summed E-state index contributed by atoms with van der Waals surface area (Å²) in [6.07, 6.45) is 4.75. The highest BCUT2D eigenvalue weighted by Crippen LogP contribution is 2.51. The van der Waals surface area contributed by atoms with Gasteiger partial charge < -0.3 is 0 Å². The summed E-state index contributed by atoms with van der Waals surface area (Å²) in [5, 5.41) is 0. The molecule has 0 N–H and O–H groups in total. The van der Waals surface area contributed by atoms with Gasteiger partial charge in [0.05, 0.1) is 0 Å². The third kappa shape index (κ3) is 1.13. The molecule has 1 fully saturated rings. The summed E-state index contributed by atoms with van der Waals surface area (Å²) in [6.45, 7) is 4.01. The molecule has 0 aromatic heterocycles. The standard InChI is InChI=1S/C14H16FN/c1-9-7-11-13(12(15)8-9)16-10(2)14(11)5-3-4-6-14/h7-8H,3-6H2,1-2H3. The molecule has 0 atom stereocenters. The summed E-state index contributed by atoms with van der Waals surface area (Å²) in [5.74, 6) is -0.155. The van der Waals surface area contributed by atoms with Gasteiger partial charge in [-0.05, 0) is 43.9 Å². The summed E-state index contributed by atoms with van der Waals surface area (Å²) >= 11 is 0. The van der Waals surface area contributed by atoms with Crippen molar-refractivity contribution in [2.45, 2.75) is 44.9 Å². The van der Waals surface area contributed by atoms with Crippen LogP contribution in [0.2, 0.25) is 0 Å². The van der Waals surface area contributed by atoms with Crippen molar-refractivity contribution in [2.75, 3.05) is 0 Å². The number of hydrogen-bond acceptors (Lipinski definition) is 1. The molecular weight excluding hydrogens is 201 g/mol. The van der Waals surface area contributed by atoms with Crippen molar-refractivity contribution in [2.24, 2.45) is 4.99 Å². The summed E-state index contributed by atoms with van der Waals surface area (Å²) in [6, 6.07) is 3.72. The van der Waals surface area contributed by atoms with E-state index in [9.17, 15) is 4.39 Å². The molecule has 3 rings (SSSR count). The minimum absolute atomic E-state index is 0.0716. The van der Waals surface area contributed by atoms with Crippen LogP contribution < -0.4 is 0 Å². The van der Waals surface area contributed by atoms with Gasteiger partial charge in [-0.3, -0.25) is 4.99 Å². The number of rotatable bonds is 0. The molecule has 1 aromatic rings. The number of nitrogens with zero attached hydrogens (tertiary/aromatic N) is 1.